The molecule has 2 saturated heterocycles. The van der Waals surface area contributed by atoms with E-state index in [1.165, 1.54) is 5.56 Å². The van der Waals surface area contributed by atoms with Crippen molar-refractivity contribution in [3.05, 3.63) is 29.3 Å². The van der Waals surface area contributed by atoms with Crippen LogP contribution in [0.5, 0.6) is 0 Å². The van der Waals surface area contributed by atoms with Gasteiger partial charge in [-0.1, -0.05) is 12.1 Å². The van der Waals surface area contributed by atoms with Gasteiger partial charge in [0.2, 0.25) is 17.7 Å². The number of carbonyl (C=O) groups is 3. The lowest BCUT2D eigenvalue weighted by molar-refractivity contribution is -0.135. The molecule has 1 aromatic carbocycles. The summed E-state index contributed by atoms with van der Waals surface area (Å²) in [6.45, 7) is 2.07. The Morgan fingerprint density at radius 2 is 1.81 bits per heavy atom. The van der Waals surface area contributed by atoms with Crippen molar-refractivity contribution in [2.75, 3.05) is 18.0 Å². The van der Waals surface area contributed by atoms with Crippen LogP contribution in [-0.4, -0.2) is 36.9 Å². The Balaban J connectivity index is 1.52. The lowest BCUT2D eigenvalue weighted by atomic mass is 9.87. The number of fused-ring (bicyclic) bond motifs is 2. The molecule has 6 heteroatoms. The summed E-state index contributed by atoms with van der Waals surface area (Å²) in [5, 5.41) is 5.79. The van der Waals surface area contributed by atoms with Crippen molar-refractivity contribution in [2.24, 2.45) is 0 Å². The summed E-state index contributed by atoms with van der Waals surface area (Å²) < 4.78 is 0. The van der Waals surface area contributed by atoms with E-state index in [0.717, 1.165) is 50.0 Å². The van der Waals surface area contributed by atoms with Crippen molar-refractivity contribution >= 4 is 23.4 Å². The lowest BCUT2D eigenvalue weighted by Crippen LogP contribution is -2.54. The van der Waals surface area contributed by atoms with Gasteiger partial charge in [-0.25, -0.2) is 0 Å². The topological polar surface area (TPSA) is 78.5 Å². The number of amides is 3. The highest BCUT2D eigenvalue weighted by Crippen LogP contribution is 2.58. The van der Waals surface area contributed by atoms with E-state index in [1.54, 1.807) is 4.90 Å². The van der Waals surface area contributed by atoms with Crippen LogP contribution in [0.25, 0.3) is 0 Å². The third-order valence-electron chi connectivity index (χ3n) is 6.51. The highest BCUT2D eigenvalue weighted by Gasteiger charge is 2.61. The first kappa shape index (κ1) is 16.0. The van der Waals surface area contributed by atoms with Gasteiger partial charge in [-0.05, 0) is 68.3 Å². The molecule has 26 heavy (non-hydrogen) atoms. The molecular formula is C20H23N3O3. The molecular weight excluding hydrogens is 330 g/mol. The van der Waals surface area contributed by atoms with E-state index in [1.807, 2.05) is 6.07 Å². The van der Waals surface area contributed by atoms with Crippen LogP contribution in [0.1, 0.15) is 55.6 Å². The van der Waals surface area contributed by atoms with E-state index >= 15 is 0 Å². The van der Waals surface area contributed by atoms with Gasteiger partial charge in [0, 0.05) is 12.1 Å². The van der Waals surface area contributed by atoms with Gasteiger partial charge in [0.15, 0.2) is 0 Å². The van der Waals surface area contributed by atoms with Gasteiger partial charge >= 0.3 is 0 Å². The fraction of sp³-hybridized carbons (Fsp3) is 0.550. The van der Waals surface area contributed by atoms with E-state index < -0.39 is 11.5 Å². The predicted molar refractivity (Wildman–Crippen MR) is 95.9 cm³/mol. The highest BCUT2D eigenvalue weighted by atomic mass is 16.2. The second-order valence-corrected chi connectivity index (χ2v) is 8.03. The number of nitrogens with zero attached hydrogens (tertiary/aromatic N) is 1. The summed E-state index contributed by atoms with van der Waals surface area (Å²) in [5.41, 5.74) is 2.87. The molecule has 0 bridgehead atoms. The molecule has 3 fully saturated rings. The number of nitrogens with one attached hydrogen (secondary N) is 2. The lowest BCUT2D eigenvalue weighted by Gasteiger charge is -2.30. The summed E-state index contributed by atoms with van der Waals surface area (Å²) in [7, 11) is 0. The number of anilines is 1. The number of piperidine rings is 2. The summed E-state index contributed by atoms with van der Waals surface area (Å²) in [5.74, 6) is -0.0113. The molecule has 5 rings (SSSR count). The Kier molecular flexibility index (Phi) is 3.47. The van der Waals surface area contributed by atoms with Crippen LogP contribution < -0.4 is 15.5 Å². The molecule has 1 aliphatic carbocycles. The molecule has 0 radical (unpaired) electrons. The Bertz CT molecular complexity index is 809. The number of carbonyl (C=O) groups excluding carboxylic acids is 3. The maximum absolute atomic E-state index is 13.2. The SMILES string of the molecule is O=C1CCC(N2C(=O)C3(CC3)c3cc(C4CCNCC4)ccc32)C(=O)N1. The molecule has 6 nitrogen and oxygen atoms in total. The monoisotopic (exact) mass is 353 g/mol. The molecule has 1 saturated carbocycles. The first-order valence-electron chi connectivity index (χ1n) is 9.63. The molecule has 3 aliphatic heterocycles. The minimum absolute atomic E-state index is 0.0458. The van der Waals surface area contributed by atoms with Crippen molar-refractivity contribution in [1.29, 1.82) is 0 Å². The van der Waals surface area contributed by atoms with Crippen LogP contribution in [0, 0.1) is 0 Å². The standard InChI is InChI=1S/C20H23N3O3/c24-17-4-3-16(18(25)22-17)23-15-2-1-13(12-5-9-21-10-6-12)11-14(15)20(7-8-20)19(23)26/h1-2,11-12,16,21H,3-10H2,(H,22,24,25). The zero-order valence-electron chi connectivity index (χ0n) is 14.7. The van der Waals surface area contributed by atoms with Crippen LogP contribution in [0.2, 0.25) is 0 Å². The number of imide groups is 1. The fourth-order valence-corrected chi connectivity index (χ4v) is 4.86. The number of rotatable bonds is 2. The van der Waals surface area contributed by atoms with Gasteiger partial charge in [0.1, 0.15) is 6.04 Å². The van der Waals surface area contributed by atoms with Gasteiger partial charge in [-0.15, -0.1) is 0 Å². The van der Waals surface area contributed by atoms with E-state index in [-0.39, 0.29) is 24.1 Å². The van der Waals surface area contributed by atoms with Crippen molar-refractivity contribution in [2.45, 2.75) is 55.9 Å². The van der Waals surface area contributed by atoms with Gasteiger partial charge < -0.3 is 5.32 Å². The largest absolute Gasteiger partial charge is 0.317 e. The Hall–Kier alpha value is -2.21. The first-order valence-corrected chi connectivity index (χ1v) is 9.63. The van der Waals surface area contributed by atoms with Gasteiger partial charge in [-0.3, -0.25) is 24.6 Å². The average Bonchev–Trinajstić information content (AvgIpc) is 3.42. The third-order valence-corrected chi connectivity index (χ3v) is 6.51. The van der Waals surface area contributed by atoms with E-state index in [2.05, 4.69) is 22.8 Å². The van der Waals surface area contributed by atoms with Crippen LogP contribution in [0.3, 0.4) is 0 Å². The minimum Gasteiger partial charge on any atom is -0.317 e. The fourth-order valence-electron chi connectivity index (χ4n) is 4.86. The summed E-state index contributed by atoms with van der Waals surface area (Å²) in [4.78, 5) is 38.7. The quantitative estimate of drug-likeness (QED) is 0.787. The van der Waals surface area contributed by atoms with E-state index in [4.69, 9.17) is 0 Å². The summed E-state index contributed by atoms with van der Waals surface area (Å²) in [6.07, 6.45) is 4.65. The zero-order chi connectivity index (χ0) is 17.9. The van der Waals surface area contributed by atoms with Crippen LogP contribution in [0.15, 0.2) is 18.2 Å². The first-order chi connectivity index (χ1) is 12.6. The molecule has 4 aliphatic rings. The number of benzene rings is 1. The molecule has 136 valence electrons. The predicted octanol–water partition coefficient (Wildman–Crippen LogP) is 1.34. The van der Waals surface area contributed by atoms with Crippen LogP contribution in [-0.2, 0) is 19.8 Å². The highest BCUT2D eigenvalue weighted by molar-refractivity contribution is 6.15. The third kappa shape index (κ3) is 2.24. The molecule has 1 spiro atoms. The molecule has 1 aromatic rings. The Labute approximate surface area is 152 Å². The van der Waals surface area contributed by atoms with Crippen LogP contribution in [0.4, 0.5) is 5.69 Å². The van der Waals surface area contributed by atoms with Crippen molar-refractivity contribution in [3.63, 3.8) is 0 Å². The Morgan fingerprint density at radius 3 is 2.50 bits per heavy atom. The van der Waals surface area contributed by atoms with Crippen molar-refractivity contribution < 1.29 is 14.4 Å². The van der Waals surface area contributed by atoms with E-state index in [0.29, 0.717) is 12.3 Å². The van der Waals surface area contributed by atoms with Gasteiger partial charge in [-0.2, -0.15) is 0 Å². The maximum atomic E-state index is 13.2. The molecule has 2 N–H and O–H groups in total. The number of hydrogen-bond acceptors (Lipinski definition) is 4. The molecule has 3 heterocycles. The smallest absolute Gasteiger partial charge is 0.249 e. The zero-order valence-corrected chi connectivity index (χ0v) is 14.7. The molecule has 1 atom stereocenters. The second kappa shape index (κ2) is 5.64. The molecule has 1 unspecified atom stereocenters. The molecule has 3 amide bonds. The Morgan fingerprint density at radius 1 is 1.04 bits per heavy atom. The average molecular weight is 353 g/mol. The second-order valence-electron chi connectivity index (χ2n) is 8.03. The van der Waals surface area contributed by atoms with Crippen molar-refractivity contribution in [3.8, 4) is 0 Å². The van der Waals surface area contributed by atoms with Gasteiger partial charge in [0.05, 0.1) is 5.41 Å². The van der Waals surface area contributed by atoms with Crippen molar-refractivity contribution in [1.82, 2.24) is 10.6 Å². The molecule has 0 aromatic heterocycles. The normalized spacial score (nSPS) is 27.6. The summed E-state index contributed by atoms with van der Waals surface area (Å²) >= 11 is 0. The summed E-state index contributed by atoms with van der Waals surface area (Å²) in [6, 6.07) is 5.81. The maximum Gasteiger partial charge on any atom is 0.249 e. The minimum atomic E-state index is -0.566. The van der Waals surface area contributed by atoms with Gasteiger partial charge in [0.25, 0.3) is 0 Å². The van der Waals surface area contributed by atoms with Crippen LogP contribution >= 0.6 is 0 Å². The van der Waals surface area contributed by atoms with E-state index in [9.17, 15) is 14.4 Å². The number of hydrogen-bond donors (Lipinski definition) is 2.